The lowest BCUT2D eigenvalue weighted by Crippen LogP contribution is -2.48. The van der Waals surface area contributed by atoms with Crippen molar-refractivity contribution in [1.82, 2.24) is 4.90 Å². The van der Waals surface area contributed by atoms with Crippen LogP contribution in [0.25, 0.3) is 0 Å². The second kappa shape index (κ2) is 9.59. The van der Waals surface area contributed by atoms with Crippen LogP contribution in [-0.2, 0) is 16.6 Å². The Hall–Kier alpha value is -4.21. The molecular weight excluding hydrogens is 499 g/mol. The maximum Gasteiger partial charge on any atom is 0.272 e. The van der Waals surface area contributed by atoms with Gasteiger partial charge in [0.2, 0.25) is 5.91 Å². The minimum absolute atomic E-state index is 0.0308. The van der Waals surface area contributed by atoms with E-state index in [1.807, 2.05) is 24.3 Å². The Bertz CT molecular complexity index is 1470. The number of carbonyl (C=O) groups is 2. The molecule has 1 saturated heterocycles. The van der Waals surface area contributed by atoms with Gasteiger partial charge in [0, 0.05) is 47.9 Å². The van der Waals surface area contributed by atoms with Crippen LogP contribution >= 0.6 is 0 Å². The Balaban J connectivity index is 1.34. The number of amides is 2. The third kappa shape index (κ3) is 4.29. The van der Waals surface area contributed by atoms with Gasteiger partial charge < -0.3 is 9.80 Å². The Morgan fingerprint density at radius 3 is 2.39 bits per heavy atom. The van der Waals surface area contributed by atoms with Crippen molar-refractivity contribution in [3.63, 3.8) is 0 Å². The van der Waals surface area contributed by atoms with Gasteiger partial charge in [-0.1, -0.05) is 18.2 Å². The van der Waals surface area contributed by atoms with Crippen LogP contribution in [0.3, 0.4) is 0 Å². The smallest absolute Gasteiger partial charge is 0.272 e. The summed E-state index contributed by atoms with van der Waals surface area (Å²) in [6.07, 6.45) is 0.844. The van der Waals surface area contributed by atoms with Gasteiger partial charge in [0.25, 0.3) is 11.6 Å². The monoisotopic (exact) mass is 523 g/mol. The first kappa shape index (κ1) is 25.4. The van der Waals surface area contributed by atoms with E-state index in [1.165, 1.54) is 25.1 Å². The molecule has 0 atom stereocenters. The molecule has 2 aliphatic rings. The first-order chi connectivity index (χ1) is 18.1. The van der Waals surface area contributed by atoms with Crippen LogP contribution in [0.15, 0.2) is 54.6 Å². The number of nitrogens with zero attached hydrogens (tertiary/aromatic N) is 3. The van der Waals surface area contributed by atoms with E-state index in [9.17, 15) is 32.9 Å². The molecule has 3 aromatic carbocycles. The van der Waals surface area contributed by atoms with Crippen LogP contribution in [0.2, 0.25) is 0 Å². The van der Waals surface area contributed by atoms with Crippen molar-refractivity contribution in [3.05, 3.63) is 104 Å². The van der Waals surface area contributed by atoms with Crippen molar-refractivity contribution in [2.75, 3.05) is 24.5 Å². The average Bonchev–Trinajstić information content (AvgIpc) is 3.22. The zero-order valence-corrected chi connectivity index (χ0v) is 20.5. The molecule has 1 fully saturated rings. The topological polar surface area (TPSA) is 83.8 Å². The van der Waals surface area contributed by atoms with Gasteiger partial charge in [-0.15, -0.1) is 0 Å². The molecule has 0 saturated carbocycles. The fraction of sp³-hybridized carbons (Fsp3) is 0.286. The quantitative estimate of drug-likeness (QED) is 0.353. The first-order valence-corrected chi connectivity index (χ1v) is 12.2. The normalized spacial score (nSPS) is 16.0. The van der Waals surface area contributed by atoms with Gasteiger partial charge in [-0.3, -0.25) is 19.7 Å². The number of nitro benzene ring substituents is 1. The number of para-hydroxylation sites is 1. The SMILES string of the molecule is Cc1c(C(=O)N2CCC3(CC2)CN(C(=O)Cc2ccc([N+](=O)[O-])cc2F)c2ccccc23)ccc(F)c1F. The fourth-order valence-electron chi connectivity index (χ4n) is 5.52. The molecule has 2 aliphatic heterocycles. The summed E-state index contributed by atoms with van der Waals surface area (Å²) in [5.74, 6) is -3.55. The minimum atomic E-state index is -1.03. The maximum atomic E-state index is 14.5. The molecule has 10 heteroatoms. The van der Waals surface area contributed by atoms with Crippen LogP contribution in [0.1, 0.15) is 39.9 Å². The molecule has 0 bridgehead atoms. The minimum Gasteiger partial charge on any atom is -0.339 e. The number of piperidine rings is 1. The van der Waals surface area contributed by atoms with Crippen LogP contribution in [0, 0.1) is 34.5 Å². The molecule has 7 nitrogen and oxygen atoms in total. The van der Waals surface area contributed by atoms with Crippen molar-refractivity contribution < 1.29 is 27.7 Å². The van der Waals surface area contributed by atoms with Crippen molar-refractivity contribution in [1.29, 1.82) is 0 Å². The molecule has 2 amide bonds. The van der Waals surface area contributed by atoms with E-state index in [0.717, 1.165) is 23.4 Å². The number of hydrogen-bond acceptors (Lipinski definition) is 4. The van der Waals surface area contributed by atoms with E-state index in [2.05, 4.69) is 0 Å². The van der Waals surface area contributed by atoms with Crippen molar-refractivity contribution in [3.8, 4) is 0 Å². The summed E-state index contributed by atoms with van der Waals surface area (Å²) in [4.78, 5) is 39.9. The molecule has 0 radical (unpaired) electrons. The number of halogens is 3. The van der Waals surface area contributed by atoms with Gasteiger partial charge in [0.15, 0.2) is 11.6 Å². The maximum absolute atomic E-state index is 14.5. The Morgan fingerprint density at radius 1 is 1.00 bits per heavy atom. The molecule has 1 spiro atoms. The van der Waals surface area contributed by atoms with Crippen molar-refractivity contribution in [2.45, 2.75) is 31.6 Å². The second-order valence-corrected chi connectivity index (χ2v) is 9.81. The number of anilines is 1. The zero-order valence-electron chi connectivity index (χ0n) is 20.5. The molecule has 0 N–H and O–H groups in total. The third-order valence-corrected chi connectivity index (χ3v) is 7.69. The summed E-state index contributed by atoms with van der Waals surface area (Å²) in [7, 11) is 0. The lowest BCUT2D eigenvalue weighted by atomic mass is 9.74. The Kier molecular flexibility index (Phi) is 6.42. The number of nitro groups is 1. The number of hydrogen-bond donors (Lipinski definition) is 0. The van der Waals surface area contributed by atoms with Gasteiger partial charge in [0.1, 0.15) is 5.82 Å². The lowest BCUT2D eigenvalue weighted by molar-refractivity contribution is -0.385. The van der Waals surface area contributed by atoms with Crippen molar-refractivity contribution in [2.24, 2.45) is 0 Å². The van der Waals surface area contributed by atoms with Crippen LogP contribution in [-0.4, -0.2) is 41.3 Å². The lowest BCUT2D eigenvalue weighted by Gasteiger charge is -2.40. The molecule has 0 unspecified atom stereocenters. The zero-order chi connectivity index (χ0) is 27.2. The number of carbonyl (C=O) groups excluding carboxylic acids is 2. The Labute approximate surface area is 216 Å². The molecule has 2 heterocycles. The van der Waals surface area contributed by atoms with Crippen LogP contribution in [0.4, 0.5) is 24.5 Å². The fourth-order valence-corrected chi connectivity index (χ4v) is 5.52. The van der Waals surface area contributed by atoms with E-state index in [-0.39, 0.29) is 40.6 Å². The highest BCUT2D eigenvalue weighted by atomic mass is 19.2. The molecule has 38 heavy (non-hydrogen) atoms. The van der Waals surface area contributed by atoms with Gasteiger partial charge in [-0.2, -0.15) is 0 Å². The summed E-state index contributed by atoms with van der Waals surface area (Å²) in [5, 5.41) is 10.9. The molecule has 0 aliphatic carbocycles. The highest BCUT2D eigenvalue weighted by molar-refractivity contribution is 5.98. The van der Waals surface area contributed by atoms with Crippen LogP contribution in [0.5, 0.6) is 0 Å². The first-order valence-electron chi connectivity index (χ1n) is 12.2. The predicted molar refractivity (Wildman–Crippen MR) is 133 cm³/mol. The Morgan fingerprint density at radius 2 is 1.71 bits per heavy atom. The molecule has 5 rings (SSSR count). The highest BCUT2D eigenvalue weighted by Crippen LogP contribution is 2.47. The summed E-state index contributed by atoms with van der Waals surface area (Å²) in [5.41, 5.74) is 1.04. The standard InChI is InChI=1S/C28H24F3N3O4/c1-17-20(8-9-22(29)26(17)31)27(36)32-12-10-28(11-13-32)16-33(24-5-3-2-4-21(24)28)25(35)14-18-6-7-19(34(37)38)15-23(18)30/h2-9,15H,10-14,16H2,1H3. The number of benzene rings is 3. The summed E-state index contributed by atoms with van der Waals surface area (Å²) >= 11 is 0. The summed E-state index contributed by atoms with van der Waals surface area (Å²) in [6, 6.07) is 13.0. The average molecular weight is 524 g/mol. The largest absolute Gasteiger partial charge is 0.339 e. The van der Waals surface area contributed by atoms with E-state index < -0.39 is 27.8 Å². The van der Waals surface area contributed by atoms with Gasteiger partial charge in [-0.25, -0.2) is 13.2 Å². The van der Waals surface area contributed by atoms with Crippen molar-refractivity contribution >= 4 is 23.2 Å². The van der Waals surface area contributed by atoms with E-state index in [1.54, 1.807) is 9.80 Å². The van der Waals surface area contributed by atoms with Gasteiger partial charge in [-0.05, 0) is 55.2 Å². The molecule has 0 aromatic heterocycles. The third-order valence-electron chi connectivity index (χ3n) is 7.69. The number of non-ortho nitro benzene ring substituents is 1. The molecule has 3 aromatic rings. The van der Waals surface area contributed by atoms with Gasteiger partial charge >= 0.3 is 0 Å². The molecule has 196 valence electrons. The van der Waals surface area contributed by atoms with Gasteiger partial charge in [0.05, 0.1) is 17.4 Å². The molecular formula is C28H24F3N3O4. The predicted octanol–water partition coefficient (Wildman–Crippen LogP) is 5.08. The number of rotatable bonds is 4. The number of likely N-dealkylation sites (tertiary alicyclic amines) is 1. The van der Waals surface area contributed by atoms with E-state index in [4.69, 9.17) is 0 Å². The summed E-state index contributed by atoms with van der Waals surface area (Å²) < 4.78 is 42.1. The summed E-state index contributed by atoms with van der Waals surface area (Å²) in [6.45, 7) is 2.46. The van der Waals surface area contributed by atoms with E-state index >= 15 is 0 Å². The highest BCUT2D eigenvalue weighted by Gasteiger charge is 2.46. The number of fused-ring (bicyclic) bond motifs is 2. The van der Waals surface area contributed by atoms with Crippen LogP contribution < -0.4 is 4.90 Å². The van der Waals surface area contributed by atoms with E-state index in [0.29, 0.717) is 32.5 Å². The second-order valence-electron chi connectivity index (χ2n) is 9.81.